The highest BCUT2D eigenvalue weighted by atomic mass is 16.4. The lowest BCUT2D eigenvalue weighted by Gasteiger charge is -2.23. The maximum absolute atomic E-state index is 12.7. The normalized spacial score (nSPS) is 14.4. The Hall–Kier alpha value is -3.67. The van der Waals surface area contributed by atoms with Gasteiger partial charge >= 0.3 is 5.97 Å². The molecule has 4 unspecified atom stereocenters. The van der Waals surface area contributed by atoms with Gasteiger partial charge in [-0.3, -0.25) is 19.2 Å². The van der Waals surface area contributed by atoms with Gasteiger partial charge in [-0.1, -0.05) is 26.0 Å². The average molecular weight is 480 g/mol. The van der Waals surface area contributed by atoms with E-state index < -0.39 is 60.2 Å². The van der Waals surface area contributed by atoms with Crippen LogP contribution in [0.2, 0.25) is 0 Å². The third kappa shape index (κ3) is 9.86. The average Bonchev–Trinajstić information content (AvgIpc) is 2.73. The molecular weight excluding hydrogens is 446 g/mol. The number of phenolic OH excluding ortho intramolecular Hbond substituents is 1. The summed E-state index contributed by atoms with van der Waals surface area (Å²) in [5.74, 6) is -4.35. The van der Waals surface area contributed by atoms with Crippen LogP contribution in [0.15, 0.2) is 24.3 Å². The summed E-state index contributed by atoms with van der Waals surface area (Å²) in [4.78, 5) is 60.5. The van der Waals surface area contributed by atoms with Crippen LogP contribution in [0, 0.1) is 5.92 Å². The highest BCUT2D eigenvalue weighted by Gasteiger charge is 2.30. The minimum atomic E-state index is -1.46. The first-order valence-electron chi connectivity index (χ1n) is 10.8. The van der Waals surface area contributed by atoms with Crippen molar-refractivity contribution in [1.82, 2.24) is 16.0 Å². The highest BCUT2D eigenvalue weighted by molar-refractivity contribution is 5.96. The van der Waals surface area contributed by atoms with Crippen molar-refractivity contribution in [3.05, 3.63) is 29.8 Å². The number of aromatic hydroxyl groups is 1. The monoisotopic (exact) mass is 479 g/mol. The number of carbonyl (C=O) groups excluding carboxylic acids is 4. The van der Waals surface area contributed by atoms with Gasteiger partial charge < -0.3 is 37.6 Å². The van der Waals surface area contributed by atoms with Gasteiger partial charge in [0.05, 0.1) is 12.5 Å². The molecule has 9 N–H and O–H groups in total. The van der Waals surface area contributed by atoms with Crippen molar-refractivity contribution in [2.45, 2.75) is 64.2 Å². The van der Waals surface area contributed by atoms with Crippen molar-refractivity contribution in [2.75, 3.05) is 0 Å². The Labute approximate surface area is 197 Å². The van der Waals surface area contributed by atoms with Crippen LogP contribution >= 0.6 is 0 Å². The molecule has 0 saturated heterocycles. The molecule has 0 bridgehead atoms. The summed E-state index contributed by atoms with van der Waals surface area (Å²) in [6, 6.07) is 0.982. The second kappa shape index (κ2) is 13.1. The van der Waals surface area contributed by atoms with Crippen molar-refractivity contribution in [3.8, 4) is 5.75 Å². The van der Waals surface area contributed by atoms with E-state index in [2.05, 4.69) is 16.0 Å². The zero-order valence-corrected chi connectivity index (χ0v) is 19.4. The van der Waals surface area contributed by atoms with E-state index in [1.165, 1.54) is 31.2 Å². The Kier molecular flexibility index (Phi) is 11.0. The number of rotatable bonds is 13. The highest BCUT2D eigenvalue weighted by Crippen LogP contribution is 2.12. The second-order valence-electron chi connectivity index (χ2n) is 8.47. The molecule has 0 spiro atoms. The van der Waals surface area contributed by atoms with Crippen LogP contribution in [0.4, 0.5) is 0 Å². The Morgan fingerprint density at radius 2 is 1.44 bits per heavy atom. The summed E-state index contributed by atoms with van der Waals surface area (Å²) in [7, 11) is 0. The molecule has 0 radical (unpaired) electrons. The number of hydrogen-bond donors (Lipinski definition) is 7. The Morgan fingerprint density at radius 3 is 1.94 bits per heavy atom. The first-order chi connectivity index (χ1) is 15.8. The van der Waals surface area contributed by atoms with Crippen molar-refractivity contribution in [1.29, 1.82) is 0 Å². The van der Waals surface area contributed by atoms with Gasteiger partial charge in [-0.2, -0.15) is 0 Å². The number of primary amides is 1. The number of benzene rings is 1. The fourth-order valence-electron chi connectivity index (χ4n) is 3.05. The molecular formula is C22H33N5O7. The summed E-state index contributed by atoms with van der Waals surface area (Å²) in [6.07, 6.45) is -0.292. The van der Waals surface area contributed by atoms with Gasteiger partial charge in [0, 0.05) is 6.42 Å². The van der Waals surface area contributed by atoms with Crippen molar-refractivity contribution >= 4 is 29.6 Å². The number of nitrogens with two attached hydrogens (primary N) is 2. The van der Waals surface area contributed by atoms with Gasteiger partial charge in [0.1, 0.15) is 23.9 Å². The van der Waals surface area contributed by atoms with E-state index in [-0.39, 0.29) is 18.1 Å². The third-order valence-electron chi connectivity index (χ3n) is 4.84. The van der Waals surface area contributed by atoms with Gasteiger partial charge in [-0.25, -0.2) is 4.79 Å². The van der Waals surface area contributed by atoms with Crippen molar-refractivity contribution in [3.63, 3.8) is 0 Å². The quantitative estimate of drug-likeness (QED) is 0.181. The molecule has 0 heterocycles. The third-order valence-corrected chi connectivity index (χ3v) is 4.84. The van der Waals surface area contributed by atoms with Crippen molar-refractivity contribution < 1.29 is 34.2 Å². The lowest BCUT2D eigenvalue weighted by Crippen LogP contribution is -2.57. The fraction of sp³-hybridized carbons (Fsp3) is 0.500. The molecule has 0 saturated carbocycles. The number of phenols is 1. The number of amides is 4. The number of carbonyl (C=O) groups is 5. The van der Waals surface area contributed by atoms with Crippen LogP contribution in [-0.2, 0) is 30.4 Å². The van der Waals surface area contributed by atoms with Gasteiger partial charge in [0.25, 0.3) is 0 Å². The van der Waals surface area contributed by atoms with Gasteiger partial charge in [-0.15, -0.1) is 0 Å². The van der Waals surface area contributed by atoms with E-state index in [0.29, 0.717) is 12.0 Å². The standard InChI is InChI=1S/C22H33N5O7/c1-11(2)8-15(23)20(31)25-12(3)19(30)26-16(10-18(24)29)21(32)27-17(22(33)34)9-13-4-6-14(28)7-5-13/h4-7,11-12,15-17,28H,8-10,23H2,1-3H3,(H2,24,29)(H,25,31)(H,26,30)(H,27,32)(H,33,34). The predicted octanol–water partition coefficient (Wildman–Crippen LogP) is -1.26. The van der Waals surface area contributed by atoms with Crippen LogP contribution in [0.3, 0.4) is 0 Å². The van der Waals surface area contributed by atoms with Gasteiger partial charge in [0.2, 0.25) is 23.6 Å². The lowest BCUT2D eigenvalue weighted by molar-refractivity contribution is -0.142. The zero-order chi connectivity index (χ0) is 26.0. The number of carboxylic acid groups (broad SMARTS) is 1. The molecule has 12 heteroatoms. The molecule has 0 aliphatic heterocycles. The van der Waals surface area contributed by atoms with E-state index in [1.54, 1.807) is 0 Å². The molecule has 0 fully saturated rings. The fourth-order valence-corrected chi connectivity index (χ4v) is 3.05. The summed E-state index contributed by atoms with van der Waals surface area (Å²) < 4.78 is 0. The number of aliphatic carboxylic acids is 1. The Morgan fingerprint density at radius 1 is 0.882 bits per heavy atom. The SMILES string of the molecule is CC(C)CC(N)C(=O)NC(C)C(=O)NC(CC(N)=O)C(=O)NC(Cc1ccc(O)cc1)C(=O)O. The minimum absolute atomic E-state index is 0.00438. The van der Waals surface area contributed by atoms with Gasteiger partial charge in [0.15, 0.2) is 0 Å². The summed E-state index contributed by atoms with van der Waals surface area (Å²) in [5.41, 5.74) is 11.5. The first kappa shape index (κ1) is 28.4. The van der Waals surface area contributed by atoms with E-state index in [1.807, 2.05) is 13.8 Å². The molecule has 4 amide bonds. The summed E-state index contributed by atoms with van der Waals surface area (Å²) in [5, 5.41) is 25.9. The topological polar surface area (TPSA) is 214 Å². The molecule has 188 valence electrons. The van der Waals surface area contributed by atoms with Crippen LogP contribution < -0.4 is 27.4 Å². The van der Waals surface area contributed by atoms with E-state index in [4.69, 9.17) is 11.5 Å². The summed E-state index contributed by atoms with van der Waals surface area (Å²) in [6.45, 7) is 5.16. The maximum atomic E-state index is 12.7. The lowest BCUT2D eigenvalue weighted by atomic mass is 10.0. The molecule has 1 aromatic rings. The molecule has 0 aliphatic carbocycles. The number of nitrogens with one attached hydrogen (secondary N) is 3. The molecule has 0 aliphatic rings. The zero-order valence-electron chi connectivity index (χ0n) is 19.4. The maximum Gasteiger partial charge on any atom is 0.326 e. The smallest absolute Gasteiger partial charge is 0.326 e. The Bertz CT molecular complexity index is 888. The Balaban J connectivity index is 2.85. The van der Waals surface area contributed by atoms with Gasteiger partial charge in [-0.05, 0) is 37.0 Å². The molecule has 12 nitrogen and oxygen atoms in total. The van der Waals surface area contributed by atoms with E-state index in [0.717, 1.165) is 0 Å². The first-order valence-corrected chi connectivity index (χ1v) is 10.8. The van der Waals surface area contributed by atoms with Crippen molar-refractivity contribution in [2.24, 2.45) is 17.4 Å². The number of hydrogen-bond acceptors (Lipinski definition) is 7. The largest absolute Gasteiger partial charge is 0.508 e. The van der Waals surface area contributed by atoms with Crippen LogP contribution in [0.5, 0.6) is 5.75 Å². The van der Waals surface area contributed by atoms with Crippen LogP contribution in [-0.4, -0.2) is 64.0 Å². The predicted molar refractivity (Wildman–Crippen MR) is 122 cm³/mol. The van der Waals surface area contributed by atoms with Crippen LogP contribution in [0.25, 0.3) is 0 Å². The molecule has 1 rings (SSSR count). The molecule has 1 aromatic carbocycles. The molecule has 34 heavy (non-hydrogen) atoms. The number of carboxylic acids is 1. The van der Waals surface area contributed by atoms with E-state index >= 15 is 0 Å². The molecule has 4 atom stereocenters. The second-order valence-corrected chi connectivity index (χ2v) is 8.47. The summed E-state index contributed by atoms with van der Waals surface area (Å²) >= 11 is 0. The molecule has 0 aromatic heterocycles. The van der Waals surface area contributed by atoms with E-state index in [9.17, 15) is 34.2 Å². The minimum Gasteiger partial charge on any atom is -0.508 e. The van der Waals surface area contributed by atoms with Crippen LogP contribution in [0.1, 0.15) is 39.2 Å².